The molecule has 0 fully saturated rings. The van der Waals surface area contributed by atoms with E-state index < -0.39 is 0 Å². The number of aryl methyl sites for hydroxylation is 1. The van der Waals surface area contributed by atoms with Gasteiger partial charge in [-0.3, -0.25) is 0 Å². The van der Waals surface area contributed by atoms with E-state index in [1.807, 2.05) is 4.52 Å². The van der Waals surface area contributed by atoms with Crippen LogP contribution in [0.3, 0.4) is 0 Å². The molecule has 16 heavy (non-hydrogen) atoms. The summed E-state index contributed by atoms with van der Waals surface area (Å²) in [7, 11) is 0. The van der Waals surface area contributed by atoms with Crippen LogP contribution < -0.4 is 0 Å². The molecule has 2 aromatic rings. The molecule has 2 nitrogen and oxygen atoms in total. The van der Waals surface area contributed by atoms with Crippen LogP contribution in [0.2, 0.25) is 0 Å². The van der Waals surface area contributed by atoms with Crippen molar-refractivity contribution in [3.8, 4) is 0 Å². The van der Waals surface area contributed by atoms with Crippen LogP contribution in [0, 0.1) is 6.92 Å². The summed E-state index contributed by atoms with van der Waals surface area (Å²) >= 11 is 0. The highest BCUT2D eigenvalue weighted by Gasteiger charge is 2.09. The van der Waals surface area contributed by atoms with Crippen molar-refractivity contribution >= 4 is 11.1 Å². The van der Waals surface area contributed by atoms with Crippen molar-refractivity contribution in [1.82, 2.24) is 9.61 Å². The van der Waals surface area contributed by atoms with Crippen LogP contribution in [0.5, 0.6) is 0 Å². The molecule has 0 radical (unpaired) electrons. The van der Waals surface area contributed by atoms with Crippen molar-refractivity contribution in [2.24, 2.45) is 0 Å². The molecule has 2 aromatic heterocycles. The first kappa shape index (κ1) is 9.64. The Bertz CT molecular complexity index is 549. The summed E-state index contributed by atoms with van der Waals surface area (Å²) in [6, 6.07) is 6.46. The summed E-state index contributed by atoms with van der Waals surface area (Å²) < 4.78 is 1.99. The number of allylic oxidation sites excluding steroid dienone is 2. The molecular weight excluding hydrogens is 196 g/mol. The molecule has 0 aromatic carbocycles. The number of aromatic nitrogens is 2. The largest absolute Gasteiger partial charge is 0.240 e. The van der Waals surface area contributed by atoms with Crippen LogP contribution in [0.15, 0.2) is 30.5 Å². The van der Waals surface area contributed by atoms with Crippen LogP contribution in [-0.2, 0) is 0 Å². The van der Waals surface area contributed by atoms with Gasteiger partial charge in [0.25, 0.3) is 0 Å². The average molecular weight is 212 g/mol. The minimum absolute atomic E-state index is 1.16. The van der Waals surface area contributed by atoms with Gasteiger partial charge in [-0.25, -0.2) is 4.52 Å². The average Bonchev–Trinajstić information content (AvgIpc) is 2.73. The van der Waals surface area contributed by atoms with E-state index in [9.17, 15) is 0 Å². The zero-order chi connectivity index (χ0) is 11.0. The van der Waals surface area contributed by atoms with Gasteiger partial charge < -0.3 is 0 Å². The summed E-state index contributed by atoms with van der Waals surface area (Å²) in [6.07, 6.45) is 9.46. The fraction of sp³-hybridized carbons (Fsp3) is 0.357. The Labute approximate surface area is 95.6 Å². The third kappa shape index (κ3) is 1.64. The Morgan fingerprint density at radius 3 is 3.00 bits per heavy atom. The second-order valence-corrected chi connectivity index (χ2v) is 4.58. The first-order valence-corrected chi connectivity index (χ1v) is 5.98. The lowest BCUT2D eigenvalue weighted by molar-refractivity contribution is 0.738. The second-order valence-electron chi connectivity index (χ2n) is 4.58. The molecule has 2 heterocycles. The SMILES string of the molecule is Cc1ccc2cc(C3=CCCCC3)nn2c1. The maximum absolute atomic E-state index is 4.65. The summed E-state index contributed by atoms with van der Waals surface area (Å²) in [5, 5.41) is 4.65. The molecular formula is C14H16N2. The molecule has 1 aliphatic rings. The Hall–Kier alpha value is -1.57. The van der Waals surface area contributed by atoms with E-state index in [4.69, 9.17) is 0 Å². The van der Waals surface area contributed by atoms with Crippen molar-refractivity contribution in [2.45, 2.75) is 32.6 Å². The Morgan fingerprint density at radius 1 is 1.25 bits per heavy atom. The van der Waals surface area contributed by atoms with Gasteiger partial charge in [0.2, 0.25) is 0 Å². The summed E-state index contributed by atoms with van der Waals surface area (Å²) in [4.78, 5) is 0. The van der Waals surface area contributed by atoms with Gasteiger partial charge in [0.15, 0.2) is 0 Å². The van der Waals surface area contributed by atoms with Gasteiger partial charge >= 0.3 is 0 Å². The smallest absolute Gasteiger partial charge is 0.0890 e. The second kappa shape index (κ2) is 3.78. The topological polar surface area (TPSA) is 17.3 Å². The third-order valence-electron chi connectivity index (χ3n) is 3.23. The molecule has 0 bridgehead atoms. The zero-order valence-corrected chi connectivity index (χ0v) is 9.61. The highest BCUT2D eigenvalue weighted by Crippen LogP contribution is 2.26. The van der Waals surface area contributed by atoms with Gasteiger partial charge in [-0.2, -0.15) is 5.10 Å². The number of pyridine rings is 1. The van der Waals surface area contributed by atoms with Gasteiger partial charge in [0, 0.05) is 6.20 Å². The predicted octanol–water partition coefficient (Wildman–Crippen LogP) is 3.60. The molecule has 0 saturated heterocycles. The number of hydrogen-bond donors (Lipinski definition) is 0. The quantitative estimate of drug-likeness (QED) is 0.706. The van der Waals surface area contributed by atoms with Crippen LogP contribution in [0.1, 0.15) is 36.9 Å². The monoisotopic (exact) mass is 212 g/mol. The van der Waals surface area contributed by atoms with E-state index in [1.165, 1.54) is 42.3 Å². The number of nitrogens with zero attached hydrogens (tertiary/aromatic N) is 2. The molecule has 0 unspecified atom stereocenters. The van der Waals surface area contributed by atoms with Crippen molar-refractivity contribution in [3.63, 3.8) is 0 Å². The maximum Gasteiger partial charge on any atom is 0.0890 e. The van der Waals surface area contributed by atoms with Crippen LogP contribution in [0.25, 0.3) is 11.1 Å². The lowest BCUT2D eigenvalue weighted by atomic mass is 9.97. The molecule has 82 valence electrons. The zero-order valence-electron chi connectivity index (χ0n) is 9.61. The Kier molecular flexibility index (Phi) is 2.28. The molecule has 0 aliphatic heterocycles. The van der Waals surface area contributed by atoms with Gasteiger partial charge in [-0.15, -0.1) is 0 Å². The van der Waals surface area contributed by atoms with E-state index in [0.717, 1.165) is 5.69 Å². The van der Waals surface area contributed by atoms with Crippen molar-refractivity contribution in [2.75, 3.05) is 0 Å². The lowest BCUT2D eigenvalue weighted by Crippen LogP contribution is -1.93. The minimum atomic E-state index is 1.16. The highest BCUT2D eigenvalue weighted by atomic mass is 15.2. The van der Waals surface area contributed by atoms with Crippen LogP contribution >= 0.6 is 0 Å². The van der Waals surface area contributed by atoms with Gasteiger partial charge in [0.05, 0.1) is 11.2 Å². The molecule has 0 amide bonds. The number of fused-ring (bicyclic) bond motifs is 1. The summed E-state index contributed by atoms with van der Waals surface area (Å²) in [5.74, 6) is 0. The molecule has 0 N–H and O–H groups in total. The van der Waals surface area contributed by atoms with Crippen LogP contribution in [0.4, 0.5) is 0 Å². The molecule has 0 atom stereocenters. The standard InChI is InChI=1S/C14H16N2/c1-11-7-8-13-9-14(15-16(13)10-11)12-5-3-2-4-6-12/h5,7-10H,2-4,6H2,1H3. The fourth-order valence-corrected chi connectivity index (χ4v) is 2.32. The number of hydrogen-bond acceptors (Lipinski definition) is 1. The third-order valence-corrected chi connectivity index (χ3v) is 3.23. The normalized spacial score (nSPS) is 16.4. The minimum Gasteiger partial charge on any atom is -0.240 e. The van der Waals surface area contributed by atoms with Gasteiger partial charge in [-0.05, 0) is 55.9 Å². The summed E-state index contributed by atoms with van der Waals surface area (Å²) in [5.41, 5.74) is 5.02. The molecule has 0 spiro atoms. The fourth-order valence-electron chi connectivity index (χ4n) is 2.32. The van der Waals surface area contributed by atoms with Crippen molar-refractivity contribution < 1.29 is 0 Å². The first-order valence-electron chi connectivity index (χ1n) is 5.98. The maximum atomic E-state index is 4.65. The molecule has 0 saturated carbocycles. The van der Waals surface area contributed by atoms with Gasteiger partial charge in [0.1, 0.15) is 0 Å². The van der Waals surface area contributed by atoms with Gasteiger partial charge in [-0.1, -0.05) is 12.1 Å². The van der Waals surface area contributed by atoms with Crippen LogP contribution in [-0.4, -0.2) is 9.61 Å². The van der Waals surface area contributed by atoms with E-state index >= 15 is 0 Å². The first-order chi connectivity index (χ1) is 7.83. The predicted molar refractivity (Wildman–Crippen MR) is 66.4 cm³/mol. The molecule has 1 aliphatic carbocycles. The number of rotatable bonds is 1. The van der Waals surface area contributed by atoms with E-state index in [-0.39, 0.29) is 0 Å². The van der Waals surface area contributed by atoms with E-state index in [2.05, 4.69) is 42.5 Å². The lowest BCUT2D eigenvalue weighted by Gasteiger charge is -2.09. The molecule has 2 heteroatoms. The van der Waals surface area contributed by atoms with E-state index in [1.54, 1.807) is 0 Å². The Balaban J connectivity index is 2.07. The Morgan fingerprint density at radius 2 is 2.19 bits per heavy atom. The van der Waals surface area contributed by atoms with E-state index in [0.29, 0.717) is 0 Å². The van der Waals surface area contributed by atoms with Crippen molar-refractivity contribution in [3.05, 3.63) is 41.7 Å². The summed E-state index contributed by atoms with van der Waals surface area (Å²) in [6.45, 7) is 2.10. The van der Waals surface area contributed by atoms with Crippen molar-refractivity contribution in [1.29, 1.82) is 0 Å². The molecule has 3 rings (SSSR count). The highest BCUT2D eigenvalue weighted by molar-refractivity contribution is 5.67.